The smallest absolute Gasteiger partial charge is 0.416 e. The molecular formula is C25H21Cl2F3O2. The molecule has 0 heterocycles. The molecule has 7 heteroatoms. The summed E-state index contributed by atoms with van der Waals surface area (Å²) in [5.41, 5.74) is 2.33. The lowest BCUT2D eigenvalue weighted by molar-refractivity contribution is -0.139. The highest BCUT2D eigenvalue weighted by atomic mass is 35.5. The first-order valence-corrected chi connectivity index (χ1v) is 10.7. The molecule has 0 bridgehead atoms. The lowest BCUT2D eigenvalue weighted by atomic mass is 9.86. The van der Waals surface area contributed by atoms with Crippen LogP contribution in [0.1, 0.15) is 37.3 Å². The molecule has 0 saturated heterocycles. The van der Waals surface area contributed by atoms with Crippen LogP contribution in [0, 0.1) is 5.92 Å². The molecule has 2 nitrogen and oxygen atoms in total. The van der Waals surface area contributed by atoms with Crippen molar-refractivity contribution in [3.8, 4) is 22.3 Å². The van der Waals surface area contributed by atoms with Gasteiger partial charge in [-0.25, -0.2) is 0 Å². The second-order valence-electron chi connectivity index (χ2n) is 8.10. The molecule has 0 aliphatic rings. The van der Waals surface area contributed by atoms with Gasteiger partial charge in [-0.3, -0.25) is 4.79 Å². The van der Waals surface area contributed by atoms with Gasteiger partial charge in [-0.15, -0.1) is 0 Å². The molecule has 3 rings (SSSR count). The quantitative estimate of drug-likeness (QED) is 0.383. The normalized spacial score (nSPS) is 12.8. The van der Waals surface area contributed by atoms with Gasteiger partial charge in [0.25, 0.3) is 0 Å². The van der Waals surface area contributed by atoms with Crippen LogP contribution < -0.4 is 0 Å². The van der Waals surface area contributed by atoms with Crippen LogP contribution >= 0.6 is 23.2 Å². The van der Waals surface area contributed by atoms with Crippen molar-refractivity contribution in [3.63, 3.8) is 0 Å². The van der Waals surface area contributed by atoms with E-state index in [0.29, 0.717) is 44.3 Å². The van der Waals surface area contributed by atoms with Crippen molar-refractivity contribution in [2.24, 2.45) is 5.92 Å². The zero-order valence-corrected chi connectivity index (χ0v) is 18.9. The molecule has 168 valence electrons. The minimum atomic E-state index is -4.44. The fourth-order valence-corrected chi connectivity index (χ4v) is 4.14. The van der Waals surface area contributed by atoms with Gasteiger partial charge in [0, 0.05) is 10.0 Å². The van der Waals surface area contributed by atoms with Gasteiger partial charge < -0.3 is 5.11 Å². The summed E-state index contributed by atoms with van der Waals surface area (Å²) in [6.45, 7) is 3.88. The van der Waals surface area contributed by atoms with Crippen LogP contribution in [0.15, 0.2) is 60.7 Å². The van der Waals surface area contributed by atoms with Crippen molar-refractivity contribution >= 4 is 29.2 Å². The molecule has 0 aliphatic carbocycles. The van der Waals surface area contributed by atoms with Crippen LogP contribution in [0.2, 0.25) is 10.0 Å². The number of benzene rings is 3. The summed E-state index contributed by atoms with van der Waals surface area (Å²) in [7, 11) is 0. The monoisotopic (exact) mass is 480 g/mol. The highest BCUT2D eigenvalue weighted by Gasteiger charge is 2.30. The summed E-state index contributed by atoms with van der Waals surface area (Å²) in [5, 5.41) is 10.7. The molecule has 1 N–H and O–H groups in total. The second kappa shape index (κ2) is 9.55. The van der Waals surface area contributed by atoms with Crippen LogP contribution in [-0.4, -0.2) is 11.1 Å². The molecule has 0 radical (unpaired) electrons. The topological polar surface area (TPSA) is 37.3 Å². The molecule has 3 aromatic rings. The molecule has 1 unspecified atom stereocenters. The number of hydrogen-bond acceptors (Lipinski definition) is 1. The van der Waals surface area contributed by atoms with Crippen molar-refractivity contribution in [3.05, 3.63) is 81.8 Å². The van der Waals surface area contributed by atoms with Gasteiger partial charge in [-0.05, 0) is 76.6 Å². The fraction of sp³-hybridized carbons (Fsp3) is 0.240. The van der Waals surface area contributed by atoms with Gasteiger partial charge in [0.05, 0.1) is 11.5 Å². The van der Waals surface area contributed by atoms with Gasteiger partial charge in [-0.2, -0.15) is 13.2 Å². The summed E-state index contributed by atoms with van der Waals surface area (Å²) in [4.78, 5) is 12.0. The first-order chi connectivity index (χ1) is 14.9. The summed E-state index contributed by atoms with van der Waals surface area (Å²) in [5.74, 6) is -1.59. The summed E-state index contributed by atoms with van der Waals surface area (Å²) >= 11 is 12.3. The Labute approximate surface area is 194 Å². The van der Waals surface area contributed by atoms with Crippen LogP contribution in [0.3, 0.4) is 0 Å². The van der Waals surface area contributed by atoms with Gasteiger partial charge in [0.2, 0.25) is 0 Å². The van der Waals surface area contributed by atoms with Gasteiger partial charge in [-0.1, -0.05) is 61.3 Å². The van der Waals surface area contributed by atoms with Gasteiger partial charge in [0.15, 0.2) is 0 Å². The number of carboxylic acids is 1. The largest absolute Gasteiger partial charge is 0.481 e. The van der Waals surface area contributed by atoms with E-state index < -0.39 is 23.6 Å². The Kier molecular flexibility index (Phi) is 7.21. The van der Waals surface area contributed by atoms with Crippen molar-refractivity contribution < 1.29 is 23.1 Å². The standard InChI is InChI=1S/C25H21Cl2F3O2/c1-14(2)7-23(24(31)32)19-9-16(15-3-5-20(6-4-15)25(28,29)30)8-17(10-19)18-11-21(26)13-22(27)12-18/h3-6,8-14,23H,7H2,1-2H3,(H,31,32). The number of alkyl halides is 3. The van der Waals surface area contributed by atoms with Crippen molar-refractivity contribution in [2.75, 3.05) is 0 Å². The maximum absolute atomic E-state index is 13.0. The third-order valence-corrected chi connectivity index (χ3v) is 5.54. The van der Waals surface area contributed by atoms with E-state index in [1.807, 2.05) is 13.8 Å². The first-order valence-electron chi connectivity index (χ1n) is 9.96. The van der Waals surface area contributed by atoms with E-state index in [2.05, 4.69) is 0 Å². The molecule has 0 aliphatic heterocycles. The van der Waals surface area contributed by atoms with Crippen LogP contribution in [-0.2, 0) is 11.0 Å². The fourth-order valence-electron chi connectivity index (χ4n) is 3.61. The minimum absolute atomic E-state index is 0.134. The Morgan fingerprint density at radius 3 is 1.81 bits per heavy atom. The number of carbonyl (C=O) groups is 1. The molecule has 0 amide bonds. The number of carboxylic acid groups (broad SMARTS) is 1. The summed E-state index contributed by atoms with van der Waals surface area (Å²) in [6.07, 6.45) is -4.02. The Hall–Kier alpha value is -2.50. The SMILES string of the molecule is CC(C)CC(C(=O)O)c1cc(-c2ccc(C(F)(F)F)cc2)cc(-c2cc(Cl)cc(Cl)c2)c1. The Bertz CT molecular complexity index is 1100. The van der Waals surface area contributed by atoms with E-state index in [0.717, 1.165) is 12.1 Å². The lowest BCUT2D eigenvalue weighted by Gasteiger charge is -2.18. The summed E-state index contributed by atoms with van der Waals surface area (Å²) < 4.78 is 38.9. The number of rotatable bonds is 6. The number of aliphatic carboxylic acids is 1. The number of hydrogen-bond donors (Lipinski definition) is 1. The van der Waals surface area contributed by atoms with Crippen LogP contribution in [0.25, 0.3) is 22.3 Å². The lowest BCUT2D eigenvalue weighted by Crippen LogP contribution is -2.14. The highest BCUT2D eigenvalue weighted by molar-refractivity contribution is 6.35. The maximum Gasteiger partial charge on any atom is 0.416 e. The molecular weight excluding hydrogens is 460 g/mol. The summed E-state index contributed by atoms with van der Waals surface area (Å²) in [6, 6.07) is 15.1. The maximum atomic E-state index is 13.0. The first kappa shape index (κ1) is 24.1. The minimum Gasteiger partial charge on any atom is -0.481 e. The van der Waals surface area contributed by atoms with Crippen molar-refractivity contribution in [1.82, 2.24) is 0 Å². The predicted molar refractivity (Wildman–Crippen MR) is 122 cm³/mol. The highest BCUT2D eigenvalue weighted by Crippen LogP contribution is 2.36. The molecule has 0 spiro atoms. The van der Waals surface area contributed by atoms with E-state index in [-0.39, 0.29) is 5.92 Å². The Balaban J connectivity index is 2.19. The molecule has 32 heavy (non-hydrogen) atoms. The molecule has 1 atom stereocenters. The Morgan fingerprint density at radius 2 is 1.34 bits per heavy atom. The van der Waals surface area contributed by atoms with E-state index in [1.54, 1.807) is 36.4 Å². The molecule has 3 aromatic carbocycles. The van der Waals surface area contributed by atoms with Crippen molar-refractivity contribution in [1.29, 1.82) is 0 Å². The van der Waals surface area contributed by atoms with Crippen LogP contribution in [0.5, 0.6) is 0 Å². The van der Waals surface area contributed by atoms with Crippen LogP contribution in [0.4, 0.5) is 13.2 Å². The second-order valence-corrected chi connectivity index (χ2v) is 8.97. The Morgan fingerprint density at radius 1 is 0.844 bits per heavy atom. The zero-order valence-electron chi connectivity index (χ0n) is 17.4. The predicted octanol–water partition coefficient (Wildman–Crippen LogP) is 8.56. The molecule has 0 saturated carbocycles. The van der Waals surface area contributed by atoms with E-state index >= 15 is 0 Å². The average molecular weight is 481 g/mol. The molecule has 0 aromatic heterocycles. The van der Waals surface area contributed by atoms with Gasteiger partial charge >= 0.3 is 12.1 Å². The average Bonchev–Trinajstić information content (AvgIpc) is 2.70. The van der Waals surface area contributed by atoms with E-state index in [1.165, 1.54) is 12.1 Å². The zero-order chi connectivity index (χ0) is 23.6. The van der Waals surface area contributed by atoms with Crippen molar-refractivity contribution in [2.45, 2.75) is 32.4 Å². The van der Waals surface area contributed by atoms with E-state index in [9.17, 15) is 23.1 Å². The van der Waals surface area contributed by atoms with Gasteiger partial charge in [0.1, 0.15) is 0 Å². The third kappa shape index (κ3) is 5.84. The van der Waals surface area contributed by atoms with E-state index in [4.69, 9.17) is 23.2 Å². The molecule has 0 fully saturated rings. The third-order valence-electron chi connectivity index (χ3n) is 5.10. The number of halogens is 5.